The minimum Gasteiger partial charge on any atom is -0.369 e. The molecule has 2 aliphatic heterocycles. The van der Waals surface area contributed by atoms with Crippen molar-refractivity contribution in [3.8, 4) is 0 Å². The van der Waals surface area contributed by atoms with Gasteiger partial charge in [0.1, 0.15) is 5.69 Å². The average molecular weight is 397 g/mol. The van der Waals surface area contributed by atoms with Crippen molar-refractivity contribution >= 4 is 29.0 Å². The Morgan fingerprint density at radius 1 is 1.38 bits per heavy atom. The van der Waals surface area contributed by atoms with E-state index in [4.69, 9.17) is 5.73 Å². The van der Waals surface area contributed by atoms with Crippen LogP contribution in [0.5, 0.6) is 0 Å². The van der Waals surface area contributed by atoms with Gasteiger partial charge < -0.3 is 26.2 Å². The Kier molecular flexibility index (Phi) is 5.04. The number of aromatic amines is 1. The maximum Gasteiger partial charge on any atom is 0.278 e. The summed E-state index contributed by atoms with van der Waals surface area (Å²) in [6, 6.07) is 7.93. The predicted octanol–water partition coefficient (Wildman–Crippen LogP) is 1.35. The number of fused-ring (bicyclic) bond motifs is 3. The van der Waals surface area contributed by atoms with Gasteiger partial charge in [-0.15, -0.1) is 0 Å². The van der Waals surface area contributed by atoms with Crippen molar-refractivity contribution in [2.75, 3.05) is 40.6 Å². The first-order chi connectivity index (χ1) is 14.0. The molecule has 5 N–H and O–H groups in total. The second-order valence-electron chi connectivity index (χ2n) is 7.73. The van der Waals surface area contributed by atoms with Crippen LogP contribution in [0.25, 0.3) is 0 Å². The highest BCUT2D eigenvalue weighted by molar-refractivity contribution is 5.94. The number of nitrogens with two attached hydrogens (primary N) is 1. The molecule has 0 spiro atoms. The summed E-state index contributed by atoms with van der Waals surface area (Å²) >= 11 is 0. The molecule has 2 unspecified atom stereocenters. The van der Waals surface area contributed by atoms with Crippen molar-refractivity contribution < 1.29 is 4.79 Å². The van der Waals surface area contributed by atoms with Crippen LogP contribution in [0.2, 0.25) is 0 Å². The second-order valence-corrected chi connectivity index (χ2v) is 7.73. The van der Waals surface area contributed by atoms with Crippen LogP contribution >= 0.6 is 0 Å². The van der Waals surface area contributed by atoms with Crippen LogP contribution in [-0.4, -0.2) is 47.7 Å². The molecule has 0 saturated carbocycles. The molecule has 0 radical (unpaired) electrons. The summed E-state index contributed by atoms with van der Waals surface area (Å²) in [4.78, 5) is 35.8. The van der Waals surface area contributed by atoms with Crippen LogP contribution in [0.15, 0.2) is 29.1 Å². The van der Waals surface area contributed by atoms with Crippen LogP contribution in [0.4, 0.5) is 23.1 Å². The highest BCUT2D eigenvalue weighted by atomic mass is 16.1. The minimum absolute atomic E-state index is 0.0512. The summed E-state index contributed by atoms with van der Waals surface area (Å²) in [6.07, 6.45) is 2.00. The number of nitrogens with zero attached hydrogens (tertiary/aromatic N) is 3. The van der Waals surface area contributed by atoms with Gasteiger partial charge in [0, 0.05) is 30.4 Å². The SMILES string of the molecule is CCCC(C)NC(=O)c1ccc(N2CC3CNc4nc(N)[nH]c(=O)c4N3C2)cc1. The van der Waals surface area contributed by atoms with Gasteiger partial charge in [0.15, 0.2) is 5.82 Å². The van der Waals surface area contributed by atoms with Crippen molar-refractivity contribution in [3.63, 3.8) is 0 Å². The Bertz CT molecular complexity index is 956. The summed E-state index contributed by atoms with van der Waals surface area (Å²) in [5.74, 6) is 0.583. The van der Waals surface area contributed by atoms with Crippen molar-refractivity contribution in [1.29, 1.82) is 0 Å². The van der Waals surface area contributed by atoms with E-state index in [1.807, 2.05) is 31.2 Å². The number of anilines is 4. The number of hydrogen-bond acceptors (Lipinski definition) is 7. The Morgan fingerprint density at radius 2 is 2.14 bits per heavy atom. The van der Waals surface area contributed by atoms with Crippen molar-refractivity contribution in [2.24, 2.45) is 0 Å². The van der Waals surface area contributed by atoms with Gasteiger partial charge in [-0.1, -0.05) is 13.3 Å². The number of carbonyl (C=O) groups is 1. The number of carbonyl (C=O) groups excluding carboxylic acids is 1. The van der Waals surface area contributed by atoms with E-state index in [1.165, 1.54) is 0 Å². The summed E-state index contributed by atoms with van der Waals surface area (Å²) in [5, 5.41) is 6.23. The third-order valence-corrected chi connectivity index (χ3v) is 5.49. The normalized spacial score (nSPS) is 18.6. The number of aromatic nitrogens is 2. The van der Waals surface area contributed by atoms with Crippen LogP contribution in [0.1, 0.15) is 37.0 Å². The first-order valence-corrected chi connectivity index (χ1v) is 10.0. The zero-order valence-corrected chi connectivity index (χ0v) is 16.7. The van der Waals surface area contributed by atoms with E-state index in [-0.39, 0.29) is 29.5 Å². The predicted molar refractivity (Wildman–Crippen MR) is 115 cm³/mol. The fourth-order valence-corrected chi connectivity index (χ4v) is 4.05. The Morgan fingerprint density at radius 3 is 2.86 bits per heavy atom. The van der Waals surface area contributed by atoms with E-state index in [2.05, 4.69) is 37.3 Å². The van der Waals surface area contributed by atoms with E-state index >= 15 is 0 Å². The monoisotopic (exact) mass is 397 g/mol. The molecular weight excluding hydrogens is 370 g/mol. The molecule has 9 nitrogen and oxygen atoms in total. The van der Waals surface area contributed by atoms with Crippen LogP contribution in [0.3, 0.4) is 0 Å². The topological polar surface area (TPSA) is 119 Å². The van der Waals surface area contributed by atoms with Crippen molar-refractivity contribution in [2.45, 2.75) is 38.8 Å². The number of H-pyrrole nitrogens is 1. The van der Waals surface area contributed by atoms with Gasteiger partial charge in [-0.25, -0.2) is 0 Å². The number of amides is 1. The number of nitrogens with one attached hydrogen (secondary N) is 3. The lowest BCUT2D eigenvalue weighted by Crippen LogP contribution is -2.44. The molecule has 4 rings (SSSR count). The van der Waals surface area contributed by atoms with Crippen molar-refractivity contribution in [3.05, 3.63) is 40.2 Å². The van der Waals surface area contributed by atoms with Gasteiger partial charge in [-0.2, -0.15) is 4.98 Å². The minimum atomic E-state index is -0.236. The van der Waals surface area contributed by atoms with E-state index in [0.717, 1.165) is 25.1 Å². The lowest BCUT2D eigenvalue weighted by Gasteiger charge is -2.31. The molecule has 2 aromatic rings. The van der Waals surface area contributed by atoms with E-state index in [0.29, 0.717) is 30.3 Å². The lowest BCUT2D eigenvalue weighted by atomic mass is 10.1. The molecule has 1 saturated heterocycles. The molecule has 29 heavy (non-hydrogen) atoms. The molecule has 3 heterocycles. The largest absolute Gasteiger partial charge is 0.369 e. The number of hydrogen-bond donors (Lipinski definition) is 4. The zero-order chi connectivity index (χ0) is 20.5. The molecule has 2 atom stereocenters. The van der Waals surface area contributed by atoms with Gasteiger partial charge >= 0.3 is 0 Å². The average Bonchev–Trinajstić information content (AvgIpc) is 3.12. The molecule has 154 valence electrons. The quantitative estimate of drug-likeness (QED) is 0.601. The van der Waals surface area contributed by atoms with E-state index < -0.39 is 0 Å². The third-order valence-electron chi connectivity index (χ3n) is 5.49. The van der Waals surface area contributed by atoms with Gasteiger partial charge in [-0.05, 0) is 37.6 Å². The zero-order valence-electron chi connectivity index (χ0n) is 16.7. The van der Waals surface area contributed by atoms with Crippen molar-refractivity contribution in [1.82, 2.24) is 15.3 Å². The van der Waals surface area contributed by atoms with Gasteiger partial charge in [0.25, 0.3) is 11.5 Å². The Balaban J connectivity index is 1.48. The van der Waals surface area contributed by atoms with Gasteiger partial charge in [0.05, 0.1) is 12.7 Å². The summed E-state index contributed by atoms with van der Waals surface area (Å²) < 4.78 is 0. The maximum absolute atomic E-state index is 12.4. The fourth-order valence-electron chi connectivity index (χ4n) is 4.05. The molecule has 0 aliphatic carbocycles. The second kappa shape index (κ2) is 7.65. The molecular formula is C20H27N7O2. The molecule has 1 aromatic heterocycles. The molecule has 1 fully saturated rings. The first kappa shape index (κ1) is 19.1. The lowest BCUT2D eigenvalue weighted by molar-refractivity contribution is 0.0938. The van der Waals surface area contributed by atoms with Crippen LogP contribution < -0.4 is 31.7 Å². The van der Waals surface area contributed by atoms with Crippen LogP contribution in [0, 0.1) is 0 Å². The third kappa shape index (κ3) is 3.72. The van der Waals surface area contributed by atoms with Crippen LogP contribution in [-0.2, 0) is 0 Å². The van der Waals surface area contributed by atoms with Gasteiger partial charge in [0.2, 0.25) is 5.95 Å². The smallest absolute Gasteiger partial charge is 0.278 e. The molecule has 2 aliphatic rings. The maximum atomic E-state index is 12.4. The summed E-state index contributed by atoms with van der Waals surface area (Å²) in [6.45, 7) is 6.16. The van der Waals surface area contributed by atoms with E-state index in [9.17, 15) is 9.59 Å². The number of rotatable bonds is 5. The standard InChI is InChI=1S/C20H27N7O2/c1-3-4-12(2)23-18(28)13-5-7-14(8-6-13)26-10-15-9-22-17-16(27(15)11-26)19(29)25-20(21)24-17/h5-8,12,15H,3-4,9-11H2,1-2H3,(H,23,28)(H4,21,22,24,25,29). The fraction of sp³-hybridized carbons (Fsp3) is 0.450. The Hall–Kier alpha value is -3.23. The molecule has 9 heteroatoms. The summed E-state index contributed by atoms with van der Waals surface area (Å²) in [5.41, 5.74) is 7.61. The molecule has 1 aromatic carbocycles. The Labute approximate surface area is 169 Å². The first-order valence-electron chi connectivity index (χ1n) is 10.0. The van der Waals surface area contributed by atoms with E-state index in [1.54, 1.807) is 0 Å². The number of nitrogen functional groups attached to an aromatic ring is 1. The summed E-state index contributed by atoms with van der Waals surface area (Å²) in [7, 11) is 0. The molecule has 0 bridgehead atoms. The highest BCUT2D eigenvalue weighted by Gasteiger charge is 2.37. The van der Waals surface area contributed by atoms with Gasteiger partial charge in [-0.3, -0.25) is 14.6 Å². The number of benzene rings is 1. The highest BCUT2D eigenvalue weighted by Crippen LogP contribution is 2.32. The molecule has 1 amide bonds.